The Hall–Kier alpha value is -2.47. The second-order valence-electron chi connectivity index (χ2n) is 6.91. The highest BCUT2D eigenvalue weighted by Gasteiger charge is 2.35. The van der Waals surface area contributed by atoms with Crippen LogP contribution in [0.15, 0.2) is 52.3 Å². The van der Waals surface area contributed by atoms with E-state index in [2.05, 4.69) is 12.2 Å². The SMILES string of the molecule is CCCCC[C@H](C)NC(=O)c1ccc2c(c1)S(=O)(=O)c1ccccc1C2=O. The smallest absolute Gasteiger partial charge is 0.251 e. The maximum Gasteiger partial charge on any atom is 0.251 e. The molecule has 2 aromatic carbocycles. The summed E-state index contributed by atoms with van der Waals surface area (Å²) < 4.78 is 25.9. The lowest BCUT2D eigenvalue weighted by Crippen LogP contribution is -2.32. The summed E-state index contributed by atoms with van der Waals surface area (Å²) in [5.74, 6) is -0.668. The highest BCUT2D eigenvalue weighted by Crippen LogP contribution is 2.34. The zero-order chi connectivity index (χ0) is 19.6. The minimum absolute atomic E-state index is 0.000882. The third kappa shape index (κ3) is 3.67. The number of fused-ring (bicyclic) bond motifs is 2. The third-order valence-corrected chi connectivity index (χ3v) is 6.67. The van der Waals surface area contributed by atoms with E-state index in [9.17, 15) is 18.0 Å². The molecule has 1 N–H and O–H groups in total. The second-order valence-corrected chi connectivity index (χ2v) is 8.80. The molecule has 0 spiro atoms. The molecule has 1 atom stereocenters. The first-order valence-electron chi connectivity index (χ1n) is 9.20. The van der Waals surface area contributed by atoms with Gasteiger partial charge in [0, 0.05) is 22.7 Å². The van der Waals surface area contributed by atoms with Crippen LogP contribution < -0.4 is 5.32 Å². The van der Waals surface area contributed by atoms with Gasteiger partial charge in [0.15, 0.2) is 5.78 Å². The minimum atomic E-state index is -3.84. The molecule has 0 saturated heterocycles. The first-order chi connectivity index (χ1) is 12.9. The first-order valence-corrected chi connectivity index (χ1v) is 10.7. The minimum Gasteiger partial charge on any atom is -0.350 e. The molecule has 0 bridgehead atoms. The molecule has 0 radical (unpaired) electrons. The summed E-state index contributed by atoms with van der Waals surface area (Å²) in [5, 5.41) is 2.90. The summed E-state index contributed by atoms with van der Waals surface area (Å²) in [5.41, 5.74) is 0.528. The van der Waals surface area contributed by atoms with Gasteiger partial charge in [-0.1, -0.05) is 38.3 Å². The predicted molar refractivity (Wildman–Crippen MR) is 103 cm³/mol. The van der Waals surface area contributed by atoms with Gasteiger partial charge in [-0.15, -0.1) is 0 Å². The van der Waals surface area contributed by atoms with Crippen LogP contribution in [0.3, 0.4) is 0 Å². The number of carbonyl (C=O) groups is 2. The van der Waals surface area contributed by atoms with Crippen molar-refractivity contribution in [2.75, 3.05) is 0 Å². The van der Waals surface area contributed by atoms with Crippen molar-refractivity contribution in [1.29, 1.82) is 0 Å². The number of benzene rings is 2. The summed E-state index contributed by atoms with van der Waals surface area (Å²) in [6.07, 6.45) is 4.12. The average molecular weight is 385 g/mol. The molecule has 0 unspecified atom stereocenters. The van der Waals surface area contributed by atoms with E-state index in [1.807, 2.05) is 6.92 Å². The van der Waals surface area contributed by atoms with E-state index in [4.69, 9.17) is 0 Å². The van der Waals surface area contributed by atoms with Crippen LogP contribution in [-0.2, 0) is 9.84 Å². The Balaban J connectivity index is 1.90. The first kappa shape index (κ1) is 19.3. The zero-order valence-electron chi connectivity index (χ0n) is 15.5. The van der Waals surface area contributed by atoms with Crippen LogP contribution in [0.5, 0.6) is 0 Å². The highest BCUT2D eigenvalue weighted by atomic mass is 32.2. The van der Waals surface area contributed by atoms with Crippen molar-refractivity contribution in [2.45, 2.75) is 55.4 Å². The quantitative estimate of drug-likeness (QED) is 0.655. The van der Waals surface area contributed by atoms with Crippen molar-refractivity contribution < 1.29 is 18.0 Å². The average Bonchev–Trinajstić information content (AvgIpc) is 2.66. The number of nitrogens with one attached hydrogen (secondary N) is 1. The van der Waals surface area contributed by atoms with Crippen molar-refractivity contribution in [2.24, 2.45) is 0 Å². The maximum atomic E-state index is 12.9. The van der Waals surface area contributed by atoms with Gasteiger partial charge < -0.3 is 5.32 Å². The molecule has 0 fully saturated rings. The van der Waals surface area contributed by atoms with Crippen LogP contribution in [0.4, 0.5) is 0 Å². The molecule has 1 aliphatic heterocycles. The lowest BCUT2D eigenvalue weighted by molar-refractivity contribution is 0.0936. The fraction of sp³-hybridized carbons (Fsp3) is 0.333. The van der Waals surface area contributed by atoms with Crippen molar-refractivity contribution in [1.82, 2.24) is 5.32 Å². The van der Waals surface area contributed by atoms with Gasteiger partial charge in [0.25, 0.3) is 5.91 Å². The molecule has 142 valence electrons. The molecule has 0 saturated carbocycles. The molecule has 0 aliphatic carbocycles. The number of rotatable bonds is 6. The number of carbonyl (C=O) groups excluding carboxylic acids is 2. The monoisotopic (exact) mass is 385 g/mol. The van der Waals surface area contributed by atoms with Crippen LogP contribution in [0.25, 0.3) is 0 Å². The van der Waals surface area contributed by atoms with Gasteiger partial charge in [-0.3, -0.25) is 9.59 Å². The molecule has 6 heteroatoms. The van der Waals surface area contributed by atoms with Crippen LogP contribution in [-0.4, -0.2) is 26.2 Å². The van der Waals surface area contributed by atoms with Gasteiger partial charge in [0.1, 0.15) is 0 Å². The molecule has 2 aromatic rings. The largest absolute Gasteiger partial charge is 0.350 e. The van der Waals surface area contributed by atoms with Crippen LogP contribution >= 0.6 is 0 Å². The molecule has 0 aromatic heterocycles. The number of hydrogen-bond acceptors (Lipinski definition) is 4. The van der Waals surface area contributed by atoms with Crippen molar-refractivity contribution in [3.05, 3.63) is 59.2 Å². The lowest BCUT2D eigenvalue weighted by Gasteiger charge is -2.20. The molecule has 1 aliphatic rings. The molecular formula is C21H23NO4S. The van der Waals surface area contributed by atoms with Crippen molar-refractivity contribution in [3.8, 4) is 0 Å². The summed E-state index contributed by atoms with van der Waals surface area (Å²) in [7, 11) is -3.84. The van der Waals surface area contributed by atoms with E-state index in [1.54, 1.807) is 12.1 Å². The van der Waals surface area contributed by atoms with Gasteiger partial charge in [-0.2, -0.15) is 0 Å². The van der Waals surface area contributed by atoms with Crippen LogP contribution in [0, 0.1) is 0 Å². The van der Waals surface area contributed by atoms with E-state index < -0.39 is 9.84 Å². The maximum absolute atomic E-state index is 12.9. The van der Waals surface area contributed by atoms with E-state index >= 15 is 0 Å². The Morgan fingerprint density at radius 3 is 2.48 bits per heavy atom. The molecular weight excluding hydrogens is 362 g/mol. The Morgan fingerprint density at radius 2 is 1.74 bits per heavy atom. The zero-order valence-corrected chi connectivity index (χ0v) is 16.3. The Kier molecular flexibility index (Phi) is 5.46. The normalized spacial score (nSPS) is 15.6. The van der Waals surface area contributed by atoms with E-state index in [-0.39, 0.29) is 44.2 Å². The summed E-state index contributed by atoms with van der Waals surface area (Å²) >= 11 is 0. The van der Waals surface area contributed by atoms with Crippen LogP contribution in [0.1, 0.15) is 65.8 Å². The Labute approximate surface area is 159 Å². The van der Waals surface area contributed by atoms with Gasteiger partial charge >= 0.3 is 0 Å². The van der Waals surface area contributed by atoms with Crippen molar-refractivity contribution >= 4 is 21.5 Å². The molecule has 27 heavy (non-hydrogen) atoms. The molecule has 3 rings (SSSR count). The van der Waals surface area contributed by atoms with E-state index in [0.717, 1.165) is 25.7 Å². The molecule has 5 nitrogen and oxygen atoms in total. The Bertz CT molecular complexity index is 995. The fourth-order valence-electron chi connectivity index (χ4n) is 3.31. The number of amides is 1. The number of ketones is 1. The highest BCUT2D eigenvalue weighted by molar-refractivity contribution is 7.91. The number of hydrogen-bond donors (Lipinski definition) is 1. The van der Waals surface area contributed by atoms with Gasteiger partial charge in [-0.05, 0) is 43.7 Å². The second kappa shape index (κ2) is 7.64. The third-order valence-electron chi connectivity index (χ3n) is 4.82. The molecule has 1 amide bonds. The van der Waals surface area contributed by atoms with Gasteiger partial charge in [-0.25, -0.2) is 8.42 Å². The van der Waals surface area contributed by atoms with E-state index in [0.29, 0.717) is 0 Å². The van der Waals surface area contributed by atoms with Crippen LogP contribution in [0.2, 0.25) is 0 Å². The summed E-state index contributed by atoms with van der Waals surface area (Å²) in [6.45, 7) is 4.05. The standard InChI is InChI=1S/C21H23NO4S/c1-3-4-5-8-14(2)22-21(24)15-11-12-17-19(13-15)27(25,26)18-10-7-6-9-16(18)20(17)23/h6-7,9-14H,3-5,8H2,1-2H3,(H,22,24)/t14-/m0/s1. The summed E-state index contributed by atoms with van der Waals surface area (Å²) in [6, 6.07) is 10.4. The topological polar surface area (TPSA) is 80.3 Å². The lowest BCUT2D eigenvalue weighted by atomic mass is 10.0. The Morgan fingerprint density at radius 1 is 1.04 bits per heavy atom. The van der Waals surface area contributed by atoms with Gasteiger partial charge in [0.2, 0.25) is 9.84 Å². The van der Waals surface area contributed by atoms with Gasteiger partial charge in [0.05, 0.1) is 9.79 Å². The van der Waals surface area contributed by atoms with E-state index in [1.165, 1.54) is 30.3 Å². The fourth-order valence-corrected chi connectivity index (χ4v) is 4.98. The molecule has 1 heterocycles. The number of unbranched alkanes of at least 4 members (excludes halogenated alkanes) is 2. The predicted octanol–water partition coefficient (Wildman–Crippen LogP) is 3.76. The summed E-state index contributed by atoms with van der Waals surface area (Å²) in [4.78, 5) is 25.1. The number of sulfone groups is 1. The van der Waals surface area contributed by atoms with Crippen molar-refractivity contribution in [3.63, 3.8) is 0 Å².